The SMILES string of the molecule is Cc1nc(C(N)c2ccc(Cl)c(Br)c2)no1. The van der Waals surface area contributed by atoms with Gasteiger partial charge in [-0.15, -0.1) is 0 Å². The van der Waals surface area contributed by atoms with Gasteiger partial charge in [-0.25, -0.2) is 0 Å². The molecule has 0 aliphatic carbocycles. The number of nitrogens with two attached hydrogens (primary N) is 1. The van der Waals surface area contributed by atoms with Gasteiger partial charge in [-0.2, -0.15) is 4.98 Å². The normalized spacial score (nSPS) is 12.8. The standard InChI is InChI=1S/C10H9BrClN3O/c1-5-14-10(15-16-5)9(13)6-2-3-8(12)7(11)4-6/h2-4,9H,13H2,1H3. The van der Waals surface area contributed by atoms with Crippen molar-refractivity contribution in [2.45, 2.75) is 13.0 Å². The van der Waals surface area contributed by atoms with Gasteiger partial charge in [-0.05, 0) is 33.6 Å². The number of aromatic nitrogens is 2. The molecule has 1 heterocycles. The molecule has 2 rings (SSSR count). The van der Waals surface area contributed by atoms with Crippen molar-refractivity contribution < 1.29 is 4.52 Å². The molecule has 0 radical (unpaired) electrons. The maximum atomic E-state index is 6.00. The highest BCUT2D eigenvalue weighted by atomic mass is 79.9. The summed E-state index contributed by atoms with van der Waals surface area (Å²) in [4.78, 5) is 4.09. The molecule has 2 N–H and O–H groups in total. The predicted molar refractivity (Wildman–Crippen MR) is 64.2 cm³/mol. The zero-order valence-corrected chi connectivity index (χ0v) is 10.8. The Morgan fingerprint density at radius 1 is 1.50 bits per heavy atom. The maximum Gasteiger partial charge on any atom is 0.223 e. The first kappa shape index (κ1) is 11.6. The molecular formula is C10H9BrClN3O. The van der Waals surface area contributed by atoms with Crippen molar-refractivity contribution in [2.75, 3.05) is 0 Å². The summed E-state index contributed by atoms with van der Waals surface area (Å²) in [6.45, 7) is 1.72. The molecule has 0 aliphatic rings. The number of aryl methyl sites for hydroxylation is 1. The molecule has 0 bridgehead atoms. The number of hydrogen-bond donors (Lipinski definition) is 1. The van der Waals surface area contributed by atoms with Crippen LogP contribution in [0, 0.1) is 6.92 Å². The van der Waals surface area contributed by atoms with Crippen LogP contribution in [0.15, 0.2) is 27.2 Å². The van der Waals surface area contributed by atoms with Crippen molar-refractivity contribution in [3.8, 4) is 0 Å². The fraction of sp³-hybridized carbons (Fsp3) is 0.200. The third kappa shape index (κ3) is 2.26. The topological polar surface area (TPSA) is 64.9 Å². The van der Waals surface area contributed by atoms with Crippen LogP contribution >= 0.6 is 27.5 Å². The van der Waals surface area contributed by atoms with Crippen LogP contribution in [0.1, 0.15) is 23.3 Å². The summed E-state index contributed by atoms with van der Waals surface area (Å²) < 4.78 is 5.68. The molecule has 4 nitrogen and oxygen atoms in total. The van der Waals surface area contributed by atoms with Gasteiger partial charge < -0.3 is 10.3 Å². The van der Waals surface area contributed by atoms with Gasteiger partial charge in [-0.1, -0.05) is 22.8 Å². The van der Waals surface area contributed by atoms with Crippen LogP contribution in [0.25, 0.3) is 0 Å². The second-order valence-corrected chi connectivity index (χ2v) is 4.58. The van der Waals surface area contributed by atoms with Gasteiger partial charge in [0.15, 0.2) is 5.82 Å². The molecule has 2 aromatic rings. The van der Waals surface area contributed by atoms with E-state index in [0.717, 1.165) is 10.0 Å². The highest BCUT2D eigenvalue weighted by Gasteiger charge is 2.15. The molecule has 0 saturated carbocycles. The summed E-state index contributed by atoms with van der Waals surface area (Å²) >= 11 is 9.24. The molecule has 0 saturated heterocycles. The molecule has 1 atom stereocenters. The fourth-order valence-electron chi connectivity index (χ4n) is 1.30. The third-order valence-corrected chi connectivity index (χ3v) is 3.34. The molecule has 84 valence electrons. The summed E-state index contributed by atoms with van der Waals surface area (Å²) in [6, 6.07) is 5.04. The van der Waals surface area contributed by atoms with Crippen molar-refractivity contribution in [1.82, 2.24) is 10.1 Å². The average Bonchev–Trinajstić information content (AvgIpc) is 2.68. The lowest BCUT2D eigenvalue weighted by molar-refractivity contribution is 0.385. The fourth-order valence-corrected chi connectivity index (χ4v) is 1.81. The monoisotopic (exact) mass is 301 g/mol. The lowest BCUT2D eigenvalue weighted by Gasteiger charge is -2.08. The first-order valence-electron chi connectivity index (χ1n) is 4.58. The van der Waals surface area contributed by atoms with E-state index in [-0.39, 0.29) is 0 Å². The average molecular weight is 303 g/mol. The molecule has 16 heavy (non-hydrogen) atoms. The van der Waals surface area contributed by atoms with E-state index in [1.807, 2.05) is 12.1 Å². The Morgan fingerprint density at radius 3 is 2.81 bits per heavy atom. The van der Waals surface area contributed by atoms with Crippen molar-refractivity contribution in [3.05, 3.63) is 45.0 Å². The van der Waals surface area contributed by atoms with Crippen molar-refractivity contribution in [1.29, 1.82) is 0 Å². The highest BCUT2D eigenvalue weighted by molar-refractivity contribution is 9.10. The summed E-state index contributed by atoms with van der Waals surface area (Å²) in [7, 11) is 0. The predicted octanol–water partition coefficient (Wildman–Crippen LogP) is 2.84. The molecule has 1 aromatic heterocycles. The molecule has 6 heteroatoms. The van der Waals surface area contributed by atoms with Gasteiger partial charge >= 0.3 is 0 Å². The molecule has 0 amide bonds. The Morgan fingerprint density at radius 2 is 2.25 bits per heavy atom. The Bertz CT molecular complexity index is 515. The van der Waals surface area contributed by atoms with Crippen LogP contribution in [0.2, 0.25) is 5.02 Å². The molecule has 1 aromatic carbocycles. The Hall–Kier alpha value is -0.910. The second kappa shape index (κ2) is 4.53. The van der Waals surface area contributed by atoms with Crippen LogP contribution in [0.4, 0.5) is 0 Å². The van der Waals surface area contributed by atoms with Gasteiger partial charge in [0.2, 0.25) is 5.89 Å². The summed E-state index contributed by atoms with van der Waals surface area (Å²) in [5.41, 5.74) is 6.87. The van der Waals surface area contributed by atoms with E-state index < -0.39 is 6.04 Å². The van der Waals surface area contributed by atoms with Crippen LogP contribution in [-0.4, -0.2) is 10.1 Å². The van der Waals surface area contributed by atoms with E-state index in [1.165, 1.54) is 0 Å². The number of nitrogens with zero attached hydrogens (tertiary/aromatic N) is 2. The molecule has 0 fully saturated rings. The van der Waals surface area contributed by atoms with Crippen LogP contribution in [0.3, 0.4) is 0 Å². The number of rotatable bonds is 2. The number of benzene rings is 1. The van der Waals surface area contributed by atoms with Crippen LogP contribution < -0.4 is 5.73 Å². The van der Waals surface area contributed by atoms with E-state index >= 15 is 0 Å². The van der Waals surface area contributed by atoms with E-state index in [4.69, 9.17) is 21.9 Å². The van der Waals surface area contributed by atoms with E-state index in [9.17, 15) is 0 Å². The van der Waals surface area contributed by atoms with Gasteiger partial charge in [0.05, 0.1) is 11.1 Å². The molecule has 0 aliphatic heterocycles. The van der Waals surface area contributed by atoms with Gasteiger partial charge in [-0.3, -0.25) is 0 Å². The first-order valence-corrected chi connectivity index (χ1v) is 5.76. The Balaban J connectivity index is 2.33. The molecular weight excluding hydrogens is 293 g/mol. The van der Waals surface area contributed by atoms with E-state index in [2.05, 4.69) is 26.1 Å². The Labute approximate surface area is 106 Å². The summed E-state index contributed by atoms with van der Waals surface area (Å²) in [6.07, 6.45) is 0. The zero-order valence-electron chi connectivity index (χ0n) is 8.45. The lowest BCUT2D eigenvalue weighted by Crippen LogP contribution is -2.13. The number of hydrogen-bond acceptors (Lipinski definition) is 4. The van der Waals surface area contributed by atoms with Gasteiger partial charge in [0, 0.05) is 11.4 Å². The number of halogens is 2. The van der Waals surface area contributed by atoms with Gasteiger partial charge in [0.25, 0.3) is 0 Å². The second-order valence-electron chi connectivity index (χ2n) is 3.32. The quantitative estimate of drug-likeness (QED) is 0.926. The van der Waals surface area contributed by atoms with Crippen molar-refractivity contribution in [2.24, 2.45) is 5.73 Å². The maximum absolute atomic E-state index is 6.00. The minimum atomic E-state index is -0.411. The molecule has 1 unspecified atom stereocenters. The van der Waals surface area contributed by atoms with E-state index in [1.54, 1.807) is 13.0 Å². The minimum Gasteiger partial charge on any atom is -0.340 e. The summed E-state index contributed by atoms with van der Waals surface area (Å²) in [5.74, 6) is 0.963. The van der Waals surface area contributed by atoms with Crippen LogP contribution in [0.5, 0.6) is 0 Å². The minimum absolute atomic E-state index is 0.411. The smallest absolute Gasteiger partial charge is 0.223 e. The van der Waals surface area contributed by atoms with Crippen LogP contribution in [-0.2, 0) is 0 Å². The lowest BCUT2D eigenvalue weighted by atomic mass is 10.1. The largest absolute Gasteiger partial charge is 0.340 e. The highest BCUT2D eigenvalue weighted by Crippen LogP contribution is 2.27. The zero-order chi connectivity index (χ0) is 11.7. The van der Waals surface area contributed by atoms with E-state index in [0.29, 0.717) is 16.7 Å². The van der Waals surface area contributed by atoms with Crippen molar-refractivity contribution in [3.63, 3.8) is 0 Å². The third-order valence-electron chi connectivity index (χ3n) is 2.12. The summed E-state index contributed by atoms with van der Waals surface area (Å²) in [5, 5.41) is 4.42. The van der Waals surface area contributed by atoms with Crippen molar-refractivity contribution >= 4 is 27.5 Å². The molecule has 0 spiro atoms. The van der Waals surface area contributed by atoms with Gasteiger partial charge in [0.1, 0.15) is 0 Å². The first-order chi connectivity index (χ1) is 7.58. The Kier molecular flexibility index (Phi) is 3.28.